The lowest BCUT2D eigenvalue weighted by atomic mass is 9.93. The lowest BCUT2D eigenvalue weighted by Crippen LogP contribution is -2.40. The third kappa shape index (κ3) is 6.92. The Kier molecular flexibility index (Phi) is 10.1. The molecule has 11 heteroatoms. The molecule has 9 nitrogen and oxygen atoms in total. The van der Waals surface area contributed by atoms with E-state index < -0.39 is 12.0 Å². The van der Waals surface area contributed by atoms with Gasteiger partial charge in [0.2, 0.25) is 0 Å². The van der Waals surface area contributed by atoms with E-state index in [4.69, 9.17) is 29.2 Å². The van der Waals surface area contributed by atoms with Crippen molar-refractivity contribution in [1.82, 2.24) is 4.57 Å². The summed E-state index contributed by atoms with van der Waals surface area (Å²) in [6, 6.07) is 28.8. The average molecular weight is 737 g/mol. The lowest BCUT2D eigenvalue weighted by molar-refractivity contribution is -0.138. The molecule has 49 heavy (non-hydrogen) atoms. The van der Waals surface area contributed by atoms with Gasteiger partial charge in [0.25, 0.3) is 5.56 Å². The Hall–Kier alpha value is -5.44. The molecule has 1 aliphatic rings. The minimum atomic E-state index is -0.808. The molecule has 0 unspecified atom stereocenters. The first-order chi connectivity index (χ1) is 23.8. The maximum atomic E-state index is 14.3. The molecule has 0 saturated carbocycles. The van der Waals surface area contributed by atoms with Gasteiger partial charge < -0.3 is 18.9 Å². The highest BCUT2D eigenvalue weighted by Crippen LogP contribution is 2.38. The number of carbonyl (C=O) groups is 1. The second kappa shape index (κ2) is 14.8. The number of thiazole rings is 1. The average Bonchev–Trinajstić information content (AvgIpc) is 3.44. The second-order valence-corrected chi connectivity index (χ2v) is 12.7. The highest BCUT2D eigenvalue weighted by molar-refractivity contribution is 9.10. The number of nitrogens with zero attached hydrogens (tertiary/aromatic N) is 3. The molecule has 0 saturated heterocycles. The van der Waals surface area contributed by atoms with Gasteiger partial charge in [0.05, 0.1) is 58.8 Å². The van der Waals surface area contributed by atoms with Crippen LogP contribution in [0, 0.1) is 11.3 Å². The topological polar surface area (TPSA) is 112 Å². The van der Waals surface area contributed by atoms with E-state index in [0.29, 0.717) is 53.4 Å². The van der Waals surface area contributed by atoms with Crippen LogP contribution in [0.5, 0.6) is 17.2 Å². The van der Waals surface area contributed by atoms with Crippen LogP contribution in [0.1, 0.15) is 40.8 Å². The van der Waals surface area contributed by atoms with Gasteiger partial charge in [-0.05, 0) is 82.0 Å². The summed E-state index contributed by atoms with van der Waals surface area (Å²) in [7, 11) is 3.13. The normalized spacial score (nSPS) is 14.0. The van der Waals surface area contributed by atoms with Gasteiger partial charge in [-0.25, -0.2) is 9.79 Å². The predicted octanol–water partition coefficient (Wildman–Crippen LogP) is 6.17. The summed E-state index contributed by atoms with van der Waals surface area (Å²) in [6.07, 6.45) is 1.77. The number of methoxy groups -OCH3 is 2. The fourth-order valence-corrected chi connectivity index (χ4v) is 7.06. The highest BCUT2D eigenvalue weighted by Gasteiger charge is 2.35. The van der Waals surface area contributed by atoms with Gasteiger partial charge in [-0.2, -0.15) is 5.26 Å². The maximum absolute atomic E-state index is 14.3. The molecule has 246 valence electrons. The molecule has 0 N–H and O–H groups in total. The van der Waals surface area contributed by atoms with Gasteiger partial charge in [-0.15, -0.1) is 0 Å². The van der Waals surface area contributed by atoms with E-state index in [1.54, 1.807) is 62.1 Å². The van der Waals surface area contributed by atoms with Crippen molar-refractivity contribution in [2.24, 2.45) is 4.99 Å². The molecule has 1 aromatic heterocycles. The summed E-state index contributed by atoms with van der Waals surface area (Å²) >= 11 is 4.84. The molecular formula is C38H30BrN3O6S. The summed E-state index contributed by atoms with van der Waals surface area (Å²) in [4.78, 5) is 33.3. The molecule has 0 amide bonds. The number of hydrogen-bond donors (Lipinski definition) is 0. The van der Waals surface area contributed by atoms with Crippen molar-refractivity contribution in [3.8, 4) is 23.3 Å². The molecule has 0 spiro atoms. The van der Waals surface area contributed by atoms with Crippen molar-refractivity contribution in [3.05, 3.63) is 149 Å². The molecule has 0 fully saturated rings. The standard InChI is InChI=1S/C38H30BrN3O6S/c1-4-47-37(44)32-33(26-8-6-5-7-9-26)41-38-42(34(32)27-14-16-28(45-2)17-15-27)36(43)31(49-38)20-25-18-29(39)35(30(19-25)46-3)48-22-24-12-10-23(21-40)11-13-24/h5-20,34H,4,22H2,1-3H3/b31-20-/t34-/m0/s1. The summed E-state index contributed by atoms with van der Waals surface area (Å²) < 4.78 is 25.3. The fraction of sp³-hybridized carbons (Fsp3) is 0.158. The number of halogens is 1. The van der Waals surface area contributed by atoms with E-state index in [0.717, 1.165) is 11.1 Å². The lowest BCUT2D eigenvalue weighted by Gasteiger charge is -2.26. The number of nitriles is 1. The van der Waals surface area contributed by atoms with E-state index in [2.05, 4.69) is 22.0 Å². The number of carbonyl (C=O) groups excluding carboxylic acids is 1. The van der Waals surface area contributed by atoms with Crippen molar-refractivity contribution in [2.45, 2.75) is 19.6 Å². The van der Waals surface area contributed by atoms with Crippen molar-refractivity contribution in [3.63, 3.8) is 0 Å². The van der Waals surface area contributed by atoms with Crippen molar-refractivity contribution in [2.75, 3.05) is 20.8 Å². The molecule has 2 heterocycles. The Morgan fingerprint density at radius 2 is 1.76 bits per heavy atom. The number of aromatic nitrogens is 1. The first-order valence-corrected chi connectivity index (χ1v) is 16.9. The highest BCUT2D eigenvalue weighted by atomic mass is 79.9. The largest absolute Gasteiger partial charge is 0.497 e. The number of fused-ring (bicyclic) bond motifs is 1. The van der Waals surface area contributed by atoms with E-state index in [9.17, 15) is 9.59 Å². The zero-order chi connectivity index (χ0) is 34.5. The number of benzene rings is 4. The zero-order valence-corrected chi connectivity index (χ0v) is 29.2. The Labute approximate surface area is 294 Å². The van der Waals surface area contributed by atoms with Crippen LogP contribution in [0.2, 0.25) is 0 Å². The Morgan fingerprint density at radius 1 is 1.02 bits per heavy atom. The molecule has 4 aromatic carbocycles. The summed E-state index contributed by atoms with van der Waals surface area (Å²) in [5, 5.41) is 9.08. The summed E-state index contributed by atoms with van der Waals surface area (Å²) in [5.74, 6) is 1.06. The molecule has 1 atom stereocenters. The van der Waals surface area contributed by atoms with Crippen molar-refractivity contribution in [1.29, 1.82) is 5.26 Å². The van der Waals surface area contributed by atoms with E-state index in [-0.39, 0.29) is 24.3 Å². The number of rotatable bonds is 10. The van der Waals surface area contributed by atoms with Crippen LogP contribution in [-0.4, -0.2) is 31.4 Å². The van der Waals surface area contributed by atoms with Gasteiger partial charge in [0, 0.05) is 5.56 Å². The van der Waals surface area contributed by atoms with E-state index >= 15 is 0 Å². The number of hydrogen-bond acceptors (Lipinski definition) is 9. The van der Waals surface area contributed by atoms with Gasteiger partial charge >= 0.3 is 5.97 Å². The molecule has 0 radical (unpaired) electrons. The van der Waals surface area contributed by atoms with Gasteiger partial charge in [0.1, 0.15) is 12.4 Å². The minimum absolute atomic E-state index is 0.161. The van der Waals surface area contributed by atoms with Crippen molar-refractivity contribution >= 4 is 45.0 Å². The van der Waals surface area contributed by atoms with Crippen LogP contribution in [0.3, 0.4) is 0 Å². The van der Waals surface area contributed by atoms with Crippen LogP contribution in [0.25, 0.3) is 11.8 Å². The fourth-order valence-electron chi connectivity index (χ4n) is 5.49. The first kappa shape index (κ1) is 33.5. The van der Waals surface area contributed by atoms with Crippen LogP contribution in [-0.2, 0) is 16.1 Å². The third-order valence-corrected chi connectivity index (χ3v) is 9.39. The summed E-state index contributed by atoms with van der Waals surface area (Å²) in [5.41, 5.74) is 3.98. The Morgan fingerprint density at radius 3 is 2.41 bits per heavy atom. The molecular weight excluding hydrogens is 706 g/mol. The molecule has 0 aliphatic carbocycles. The summed E-state index contributed by atoms with van der Waals surface area (Å²) in [6.45, 7) is 2.17. The molecule has 1 aliphatic heterocycles. The van der Waals surface area contributed by atoms with E-state index in [1.165, 1.54) is 11.3 Å². The zero-order valence-electron chi connectivity index (χ0n) is 26.8. The maximum Gasteiger partial charge on any atom is 0.338 e. The van der Waals surface area contributed by atoms with Gasteiger partial charge in [-0.3, -0.25) is 9.36 Å². The monoisotopic (exact) mass is 735 g/mol. The Bertz CT molecular complexity index is 2270. The third-order valence-electron chi connectivity index (χ3n) is 7.82. The smallest absolute Gasteiger partial charge is 0.338 e. The van der Waals surface area contributed by atoms with Crippen LogP contribution >= 0.6 is 27.3 Å². The molecule has 6 rings (SSSR count). The molecule has 0 bridgehead atoms. The van der Waals surface area contributed by atoms with E-state index in [1.807, 2.05) is 60.7 Å². The van der Waals surface area contributed by atoms with Gasteiger partial charge in [0.15, 0.2) is 16.3 Å². The van der Waals surface area contributed by atoms with Crippen LogP contribution < -0.4 is 29.1 Å². The first-order valence-electron chi connectivity index (χ1n) is 15.3. The van der Waals surface area contributed by atoms with Crippen LogP contribution in [0.4, 0.5) is 0 Å². The molecule has 5 aromatic rings. The SMILES string of the molecule is CCOC(=O)C1=C(c2ccccc2)N=c2s/c(=C\c3cc(Br)c(OCc4ccc(C#N)cc4)c(OC)c3)c(=O)n2[C@H]1c1ccc(OC)cc1. The predicted molar refractivity (Wildman–Crippen MR) is 190 cm³/mol. The quantitative estimate of drug-likeness (QED) is 0.158. The van der Waals surface area contributed by atoms with Gasteiger partial charge in [-0.1, -0.05) is 65.9 Å². The number of ether oxygens (including phenoxy) is 4. The van der Waals surface area contributed by atoms with Crippen LogP contribution in [0.15, 0.2) is 111 Å². The number of esters is 1. The van der Waals surface area contributed by atoms with Crippen molar-refractivity contribution < 1.29 is 23.7 Å². The minimum Gasteiger partial charge on any atom is -0.497 e. The Balaban J connectivity index is 1.47. The second-order valence-electron chi connectivity index (χ2n) is 10.8.